The maximum atomic E-state index is 12.5. The lowest BCUT2D eigenvalue weighted by Gasteiger charge is -2.34. The Balaban J connectivity index is 1.67. The van der Waals surface area contributed by atoms with Gasteiger partial charge in [0.15, 0.2) is 0 Å². The van der Waals surface area contributed by atoms with Crippen molar-refractivity contribution in [2.24, 2.45) is 0 Å². The molecule has 0 saturated carbocycles. The molecule has 0 aliphatic carbocycles. The summed E-state index contributed by atoms with van der Waals surface area (Å²) < 4.78 is 6.80. The van der Waals surface area contributed by atoms with Gasteiger partial charge in [-0.3, -0.25) is 4.79 Å². The average Bonchev–Trinajstić information content (AvgIpc) is 2.94. The Hall–Kier alpha value is -2.80. The van der Waals surface area contributed by atoms with Gasteiger partial charge in [0.05, 0.1) is 11.4 Å². The van der Waals surface area contributed by atoms with Crippen LogP contribution < -0.4 is 16.2 Å². The molecule has 7 heteroatoms. The third kappa shape index (κ3) is 2.43. The second-order valence-corrected chi connectivity index (χ2v) is 6.08. The summed E-state index contributed by atoms with van der Waals surface area (Å²) in [5, 5.41) is 0.320. The van der Waals surface area contributed by atoms with E-state index in [1.165, 1.54) is 10.9 Å². The molecule has 7 nitrogen and oxygen atoms in total. The van der Waals surface area contributed by atoms with Gasteiger partial charge in [0.1, 0.15) is 5.39 Å². The summed E-state index contributed by atoms with van der Waals surface area (Å²) in [6, 6.07) is 9.38. The zero-order chi connectivity index (χ0) is 16.7. The molecule has 3 heterocycles. The Labute approximate surface area is 138 Å². The predicted octanol–water partition coefficient (Wildman–Crippen LogP) is 1.31. The van der Waals surface area contributed by atoms with Gasteiger partial charge in [-0.05, 0) is 37.4 Å². The minimum absolute atomic E-state index is 0.253. The summed E-state index contributed by atoms with van der Waals surface area (Å²) in [6.07, 6.45) is 1.53. The number of fused-ring (bicyclic) bond motifs is 1. The van der Waals surface area contributed by atoms with Crippen LogP contribution in [0.25, 0.3) is 16.8 Å². The number of nitrogen functional groups attached to an aromatic ring is 1. The molecule has 0 radical (unpaired) electrons. The number of piperazine rings is 1. The third-order valence-electron chi connectivity index (χ3n) is 4.48. The minimum atomic E-state index is -0.289. The quantitative estimate of drug-likeness (QED) is 0.765. The van der Waals surface area contributed by atoms with Gasteiger partial charge >= 0.3 is 0 Å². The lowest BCUT2D eigenvalue weighted by atomic mass is 10.2. The Bertz CT molecular complexity index is 920. The molecule has 1 aromatic carbocycles. The second-order valence-electron chi connectivity index (χ2n) is 6.08. The topological polar surface area (TPSA) is 80.5 Å². The highest BCUT2D eigenvalue weighted by atomic mass is 16.5. The van der Waals surface area contributed by atoms with Crippen LogP contribution in [0.15, 0.2) is 45.8 Å². The molecule has 1 aliphatic rings. The van der Waals surface area contributed by atoms with Crippen LogP contribution in [0.3, 0.4) is 0 Å². The van der Waals surface area contributed by atoms with Crippen molar-refractivity contribution in [1.29, 1.82) is 0 Å². The zero-order valence-corrected chi connectivity index (χ0v) is 13.5. The molecule has 24 heavy (non-hydrogen) atoms. The first-order valence-electron chi connectivity index (χ1n) is 7.94. The Morgan fingerprint density at radius 1 is 1.04 bits per heavy atom. The van der Waals surface area contributed by atoms with Crippen LogP contribution in [0.5, 0.6) is 0 Å². The number of pyridine rings is 1. The smallest absolute Gasteiger partial charge is 0.299 e. The van der Waals surface area contributed by atoms with Crippen molar-refractivity contribution >= 4 is 22.5 Å². The van der Waals surface area contributed by atoms with Crippen molar-refractivity contribution in [2.75, 3.05) is 43.9 Å². The molecule has 4 rings (SSSR count). The fraction of sp³-hybridized carbons (Fsp3) is 0.294. The zero-order valence-electron chi connectivity index (χ0n) is 13.5. The van der Waals surface area contributed by atoms with E-state index >= 15 is 0 Å². The van der Waals surface area contributed by atoms with Crippen LogP contribution >= 0.6 is 0 Å². The second kappa shape index (κ2) is 5.68. The van der Waals surface area contributed by atoms with Crippen LogP contribution in [0.1, 0.15) is 0 Å². The molecule has 0 amide bonds. The molecule has 0 atom stereocenters. The number of aromatic nitrogens is 2. The van der Waals surface area contributed by atoms with Gasteiger partial charge in [-0.1, -0.05) is 0 Å². The van der Waals surface area contributed by atoms with E-state index in [2.05, 4.69) is 21.8 Å². The van der Waals surface area contributed by atoms with Crippen molar-refractivity contribution in [3.8, 4) is 5.69 Å². The average molecular weight is 325 g/mol. The molecule has 1 saturated heterocycles. The number of anilines is 2. The van der Waals surface area contributed by atoms with E-state index in [0.717, 1.165) is 31.9 Å². The predicted molar refractivity (Wildman–Crippen MR) is 93.7 cm³/mol. The van der Waals surface area contributed by atoms with Crippen molar-refractivity contribution in [2.45, 2.75) is 0 Å². The molecule has 0 unspecified atom stereocenters. The maximum Gasteiger partial charge on any atom is 0.299 e. The number of hydrogen-bond donors (Lipinski definition) is 1. The molecule has 124 valence electrons. The first-order chi connectivity index (χ1) is 11.6. The molecule has 2 N–H and O–H groups in total. The lowest BCUT2D eigenvalue weighted by molar-refractivity contribution is 0.313. The first kappa shape index (κ1) is 14.8. The number of nitrogens with two attached hydrogens (primary N) is 1. The summed E-state index contributed by atoms with van der Waals surface area (Å²) in [7, 11) is 2.13. The van der Waals surface area contributed by atoms with E-state index in [4.69, 9.17) is 10.3 Å². The summed E-state index contributed by atoms with van der Waals surface area (Å²) in [6.45, 7) is 4.10. The highest BCUT2D eigenvalue weighted by Crippen LogP contribution is 2.21. The van der Waals surface area contributed by atoms with Crippen LogP contribution in [0.4, 0.5) is 11.4 Å². The Kier molecular flexibility index (Phi) is 3.50. The van der Waals surface area contributed by atoms with Crippen molar-refractivity contribution in [3.05, 3.63) is 46.9 Å². The van der Waals surface area contributed by atoms with Gasteiger partial charge in [0.25, 0.3) is 11.3 Å². The molecule has 3 aromatic rings. The van der Waals surface area contributed by atoms with E-state index in [9.17, 15) is 4.79 Å². The van der Waals surface area contributed by atoms with Gasteiger partial charge < -0.3 is 20.1 Å². The standard InChI is InChI=1S/C17H19N5O2/c1-20-8-10-21(11-9-20)12-2-4-13(5-3-12)22-17(23)15-14(18)6-7-19-16(15)24-22/h2-7H,8-11H2,1H3,(H2,18,19). The van der Waals surface area contributed by atoms with E-state index in [-0.39, 0.29) is 11.3 Å². The fourth-order valence-corrected chi connectivity index (χ4v) is 3.00. The van der Waals surface area contributed by atoms with E-state index in [1.54, 1.807) is 6.07 Å². The highest BCUT2D eigenvalue weighted by molar-refractivity contribution is 5.85. The third-order valence-corrected chi connectivity index (χ3v) is 4.48. The monoisotopic (exact) mass is 325 g/mol. The van der Waals surface area contributed by atoms with Gasteiger partial charge in [-0.2, -0.15) is 0 Å². The van der Waals surface area contributed by atoms with Crippen LogP contribution in [0.2, 0.25) is 0 Å². The highest BCUT2D eigenvalue weighted by Gasteiger charge is 2.16. The Morgan fingerprint density at radius 2 is 1.71 bits per heavy atom. The first-order valence-corrected chi connectivity index (χ1v) is 7.94. The molecule has 1 aliphatic heterocycles. The van der Waals surface area contributed by atoms with Crippen LogP contribution in [-0.2, 0) is 0 Å². The summed E-state index contributed by atoms with van der Waals surface area (Å²) >= 11 is 0. The van der Waals surface area contributed by atoms with Gasteiger partial charge in [-0.25, -0.2) is 4.98 Å². The molecule has 1 fully saturated rings. The molecule has 0 spiro atoms. The van der Waals surface area contributed by atoms with E-state index in [0.29, 0.717) is 16.8 Å². The molecule has 0 bridgehead atoms. The van der Waals surface area contributed by atoms with E-state index < -0.39 is 0 Å². The number of hydrogen-bond acceptors (Lipinski definition) is 6. The molecule has 2 aromatic heterocycles. The van der Waals surface area contributed by atoms with Crippen LogP contribution in [-0.4, -0.2) is 47.9 Å². The number of likely N-dealkylation sites (N-methyl/N-ethyl adjacent to an activating group) is 1. The van der Waals surface area contributed by atoms with Crippen molar-refractivity contribution in [1.82, 2.24) is 14.6 Å². The van der Waals surface area contributed by atoms with Gasteiger partial charge in [0, 0.05) is 38.1 Å². The number of rotatable bonds is 2. The summed E-state index contributed by atoms with van der Waals surface area (Å²) in [5.41, 5.74) is 8.01. The minimum Gasteiger partial charge on any atom is -0.398 e. The largest absolute Gasteiger partial charge is 0.398 e. The normalized spacial score (nSPS) is 16.0. The SMILES string of the molecule is CN1CCN(c2ccc(-n3oc4nccc(N)c4c3=O)cc2)CC1. The maximum absolute atomic E-state index is 12.5. The lowest BCUT2D eigenvalue weighted by Crippen LogP contribution is -2.44. The Morgan fingerprint density at radius 3 is 2.38 bits per heavy atom. The van der Waals surface area contributed by atoms with Crippen molar-refractivity contribution in [3.63, 3.8) is 0 Å². The number of benzene rings is 1. The summed E-state index contributed by atoms with van der Waals surface area (Å²) in [4.78, 5) is 21.2. The van der Waals surface area contributed by atoms with Crippen molar-refractivity contribution < 1.29 is 4.52 Å². The van der Waals surface area contributed by atoms with Crippen LogP contribution in [0, 0.1) is 0 Å². The fourth-order valence-electron chi connectivity index (χ4n) is 3.00. The van der Waals surface area contributed by atoms with Gasteiger partial charge in [0.2, 0.25) is 0 Å². The summed E-state index contributed by atoms with van der Waals surface area (Å²) in [5.74, 6) is 0. The molecular formula is C17H19N5O2. The number of nitrogens with zero attached hydrogens (tertiary/aromatic N) is 4. The van der Waals surface area contributed by atoms with E-state index in [1.807, 2.05) is 24.3 Å². The molecular weight excluding hydrogens is 306 g/mol. The van der Waals surface area contributed by atoms with Gasteiger partial charge in [-0.15, -0.1) is 4.74 Å².